The third-order valence-electron chi connectivity index (χ3n) is 1.53. The van der Waals surface area contributed by atoms with Crippen molar-refractivity contribution in [2.75, 3.05) is 12.5 Å². The number of hydrogen-bond donors (Lipinski definition) is 0. The number of rotatable bonds is 4. The molecule has 0 bridgehead atoms. The Morgan fingerprint density at radius 1 is 1.35 bits per heavy atom. The van der Waals surface area contributed by atoms with Crippen LogP contribution in [-0.2, 0) is 14.5 Å². The highest BCUT2D eigenvalue weighted by atomic mass is 32.2. The lowest BCUT2D eigenvalue weighted by molar-refractivity contribution is -0.165. The summed E-state index contributed by atoms with van der Waals surface area (Å²) in [6.45, 7) is 3.54. The fraction of sp³-hybridized carbons (Fsp3) is 0.700. The van der Waals surface area contributed by atoms with E-state index in [0.29, 0.717) is 6.08 Å². The minimum atomic E-state index is -4.92. The van der Waals surface area contributed by atoms with Crippen LogP contribution in [0.15, 0.2) is 16.1 Å². The van der Waals surface area contributed by atoms with Gasteiger partial charge < -0.3 is 0 Å². The SMILES string of the molecule is CC(C)C/C(=C\C(=O)C(F)(F)F)N=S(C)(C)=O. The van der Waals surface area contributed by atoms with Crippen LogP contribution in [0.2, 0.25) is 0 Å². The van der Waals surface area contributed by atoms with Crippen LogP contribution >= 0.6 is 0 Å². The monoisotopic (exact) mass is 271 g/mol. The summed E-state index contributed by atoms with van der Waals surface area (Å²) in [6.07, 6.45) is -1.70. The molecule has 0 atom stereocenters. The van der Waals surface area contributed by atoms with Gasteiger partial charge in [-0.2, -0.15) is 13.2 Å². The first-order valence-corrected chi connectivity index (χ1v) is 7.24. The molecule has 0 heterocycles. The van der Waals surface area contributed by atoms with Crippen LogP contribution in [0.25, 0.3) is 0 Å². The van der Waals surface area contributed by atoms with Crippen molar-refractivity contribution in [2.45, 2.75) is 26.4 Å². The fourth-order valence-electron chi connectivity index (χ4n) is 1.06. The molecule has 0 aromatic heterocycles. The molecule has 0 saturated carbocycles. The standard InChI is InChI=1S/C10H16F3NO2S/c1-7(2)5-8(14-17(3,4)16)6-9(15)10(11,12)13/h6-7H,5H2,1-4H3/b8-6+. The van der Waals surface area contributed by atoms with Gasteiger partial charge in [-0.25, -0.2) is 8.57 Å². The second-order valence-electron chi connectivity index (χ2n) is 4.37. The summed E-state index contributed by atoms with van der Waals surface area (Å²) in [5, 5.41) is 0. The van der Waals surface area contributed by atoms with Gasteiger partial charge in [-0.15, -0.1) is 0 Å². The number of nitrogens with zero attached hydrogens (tertiary/aromatic N) is 1. The molecule has 0 aliphatic heterocycles. The Kier molecular flexibility index (Phi) is 5.38. The van der Waals surface area contributed by atoms with Crippen molar-refractivity contribution in [3.05, 3.63) is 11.8 Å². The molecule has 0 fully saturated rings. The maximum absolute atomic E-state index is 12.1. The number of allylic oxidation sites excluding steroid dienone is 2. The van der Waals surface area contributed by atoms with Crippen LogP contribution in [-0.4, -0.2) is 28.7 Å². The maximum atomic E-state index is 12.1. The van der Waals surface area contributed by atoms with Gasteiger partial charge in [0.2, 0.25) is 0 Å². The normalized spacial score (nSPS) is 14.0. The largest absolute Gasteiger partial charge is 0.454 e. The van der Waals surface area contributed by atoms with Crippen molar-refractivity contribution in [1.29, 1.82) is 0 Å². The van der Waals surface area contributed by atoms with Crippen molar-refractivity contribution in [1.82, 2.24) is 0 Å². The van der Waals surface area contributed by atoms with Crippen LogP contribution in [0.5, 0.6) is 0 Å². The van der Waals surface area contributed by atoms with Crippen molar-refractivity contribution in [3.63, 3.8) is 0 Å². The fourth-order valence-corrected chi connectivity index (χ4v) is 1.75. The van der Waals surface area contributed by atoms with Crippen LogP contribution < -0.4 is 0 Å². The van der Waals surface area contributed by atoms with Crippen molar-refractivity contribution in [3.8, 4) is 0 Å². The lowest BCUT2D eigenvalue weighted by atomic mass is 10.1. The van der Waals surface area contributed by atoms with E-state index in [2.05, 4.69) is 4.36 Å². The summed E-state index contributed by atoms with van der Waals surface area (Å²) < 4.78 is 51.3. The van der Waals surface area contributed by atoms with Crippen LogP contribution in [0, 0.1) is 5.92 Å². The third-order valence-corrected chi connectivity index (χ3v) is 2.21. The van der Waals surface area contributed by atoms with Gasteiger partial charge in [0.1, 0.15) is 0 Å². The Bertz CT molecular complexity index is 421. The topological polar surface area (TPSA) is 46.5 Å². The lowest BCUT2D eigenvalue weighted by Crippen LogP contribution is -2.20. The highest BCUT2D eigenvalue weighted by Crippen LogP contribution is 2.20. The van der Waals surface area contributed by atoms with E-state index in [1.807, 2.05) is 0 Å². The number of carbonyl (C=O) groups excluding carboxylic acids is 1. The zero-order valence-corrected chi connectivity index (χ0v) is 11.0. The number of alkyl halides is 3. The average Bonchev–Trinajstić information content (AvgIpc) is 1.96. The van der Waals surface area contributed by atoms with Crippen LogP contribution in [0.4, 0.5) is 13.2 Å². The van der Waals surface area contributed by atoms with Gasteiger partial charge in [0.25, 0.3) is 5.78 Å². The summed E-state index contributed by atoms with van der Waals surface area (Å²) in [7, 11) is -2.57. The molecule has 0 amide bonds. The summed E-state index contributed by atoms with van der Waals surface area (Å²) in [6, 6.07) is 0. The highest BCUT2D eigenvalue weighted by molar-refractivity contribution is 7.92. The first-order chi connectivity index (χ1) is 7.42. The van der Waals surface area contributed by atoms with Gasteiger partial charge in [-0.1, -0.05) is 13.8 Å². The first-order valence-electron chi connectivity index (χ1n) is 4.90. The maximum Gasteiger partial charge on any atom is 0.454 e. The Hall–Kier alpha value is -0.850. The van der Waals surface area contributed by atoms with Crippen molar-refractivity contribution < 1.29 is 22.2 Å². The zero-order chi connectivity index (χ0) is 13.9. The molecule has 0 aromatic carbocycles. The highest BCUT2D eigenvalue weighted by Gasteiger charge is 2.36. The smallest absolute Gasteiger partial charge is 0.285 e. The Morgan fingerprint density at radius 2 is 1.82 bits per heavy atom. The van der Waals surface area contributed by atoms with E-state index in [1.165, 1.54) is 12.5 Å². The molecule has 0 aliphatic rings. The molecule has 0 unspecified atom stereocenters. The Balaban J connectivity index is 5.29. The minimum Gasteiger partial charge on any atom is -0.285 e. The van der Waals surface area contributed by atoms with E-state index in [9.17, 15) is 22.2 Å². The van der Waals surface area contributed by atoms with E-state index in [0.717, 1.165) is 0 Å². The lowest BCUT2D eigenvalue weighted by Gasteiger charge is -2.07. The molecule has 100 valence electrons. The second kappa shape index (κ2) is 5.66. The minimum absolute atomic E-state index is 0.0211. The quantitative estimate of drug-likeness (QED) is 0.738. The molecular formula is C10H16F3NO2S. The summed E-state index contributed by atoms with van der Waals surface area (Å²) in [5.41, 5.74) is -0.0719. The molecule has 0 radical (unpaired) electrons. The number of halogens is 3. The predicted molar refractivity (Wildman–Crippen MR) is 61.0 cm³/mol. The van der Waals surface area contributed by atoms with Gasteiger partial charge in [0, 0.05) is 28.3 Å². The summed E-state index contributed by atoms with van der Waals surface area (Å²) >= 11 is 0. The third kappa shape index (κ3) is 7.95. The van der Waals surface area contributed by atoms with Gasteiger partial charge in [-0.05, 0) is 12.3 Å². The summed E-state index contributed by atoms with van der Waals surface area (Å²) in [5.74, 6) is -1.95. The molecule has 7 heteroatoms. The van der Waals surface area contributed by atoms with Gasteiger partial charge in [0.05, 0.1) is 5.70 Å². The number of carbonyl (C=O) groups is 1. The molecule has 0 rings (SSSR count). The van der Waals surface area contributed by atoms with E-state index in [1.54, 1.807) is 13.8 Å². The Morgan fingerprint density at radius 3 is 2.12 bits per heavy atom. The number of hydrogen-bond acceptors (Lipinski definition) is 3. The van der Waals surface area contributed by atoms with E-state index in [-0.39, 0.29) is 18.0 Å². The van der Waals surface area contributed by atoms with Gasteiger partial charge in [0.15, 0.2) is 0 Å². The molecule has 0 N–H and O–H groups in total. The molecule has 17 heavy (non-hydrogen) atoms. The second-order valence-corrected chi connectivity index (χ2v) is 6.91. The molecule has 0 spiro atoms. The summed E-state index contributed by atoms with van der Waals surface area (Å²) in [4.78, 5) is 10.8. The first kappa shape index (κ1) is 16.1. The molecule has 0 aromatic rings. The zero-order valence-electron chi connectivity index (χ0n) is 10.2. The van der Waals surface area contributed by atoms with E-state index < -0.39 is 21.7 Å². The Labute approximate surface area is 99.3 Å². The number of ketones is 1. The molecule has 3 nitrogen and oxygen atoms in total. The average molecular weight is 271 g/mol. The molecular weight excluding hydrogens is 255 g/mol. The van der Waals surface area contributed by atoms with Crippen LogP contribution in [0.1, 0.15) is 20.3 Å². The van der Waals surface area contributed by atoms with Crippen LogP contribution in [0.3, 0.4) is 0 Å². The van der Waals surface area contributed by atoms with Gasteiger partial charge >= 0.3 is 6.18 Å². The van der Waals surface area contributed by atoms with Crippen molar-refractivity contribution >= 4 is 15.5 Å². The van der Waals surface area contributed by atoms with Gasteiger partial charge in [-0.3, -0.25) is 4.79 Å². The van der Waals surface area contributed by atoms with E-state index >= 15 is 0 Å². The van der Waals surface area contributed by atoms with E-state index in [4.69, 9.17) is 0 Å². The predicted octanol–water partition coefficient (Wildman–Crippen LogP) is 2.78. The molecule has 0 saturated heterocycles. The van der Waals surface area contributed by atoms with Crippen molar-refractivity contribution in [2.24, 2.45) is 10.3 Å². The molecule has 0 aliphatic carbocycles.